The number of likely N-dealkylation sites (N-methyl/N-ethyl adjacent to an activating group) is 1. The van der Waals surface area contributed by atoms with Gasteiger partial charge in [0.05, 0.1) is 5.92 Å². The van der Waals surface area contributed by atoms with E-state index >= 15 is 0 Å². The van der Waals surface area contributed by atoms with E-state index in [2.05, 4.69) is 29.3 Å². The Labute approximate surface area is 138 Å². The molecule has 0 saturated carbocycles. The molecule has 1 aliphatic heterocycles. The van der Waals surface area contributed by atoms with E-state index in [0.717, 1.165) is 19.5 Å². The second-order valence-corrected chi connectivity index (χ2v) is 6.16. The third-order valence-electron chi connectivity index (χ3n) is 4.43. The monoisotopic (exact) mass is 317 g/mol. The quantitative estimate of drug-likeness (QED) is 0.782. The fourth-order valence-corrected chi connectivity index (χ4v) is 2.75. The van der Waals surface area contributed by atoms with E-state index in [9.17, 15) is 9.59 Å². The van der Waals surface area contributed by atoms with E-state index in [1.165, 1.54) is 5.56 Å². The second kappa shape index (κ2) is 8.67. The van der Waals surface area contributed by atoms with E-state index in [0.29, 0.717) is 26.1 Å². The van der Waals surface area contributed by atoms with Crippen molar-refractivity contribution in [2.45, 2.75) is 19.8 Å². The first-order valence-electron chi connectivity index (χ1n) is 8.38. The van der Waals surface area contributed by atoms with Crippen molar-refractivity contribution in [3.05, 3.63) is 35.9 Å². The summed E-state index contributed by atoms with van der Waals surface area (Å²) in [6.07, 6.45) is 1.17. The number of carbonyl (C=O) groups excluding carboxylic acids is 2. The summed E-state index contributed by atoms with van der Waals surface area (Å²) in [5.41, 5.74) is 1.22. The number of likely N-dealkylation sites (tertiary alicyclic amines) is 1. The first-order chi connectivity index (χ1) is 11.1. The standard InChI is InChI=1S/C18H27N3O2/c1-3-20(2)12-10-19-18(23)16-13-17(22)21(14-16)11-9-15-7-5-4-6-8-15/h4-8,16H,3,9-14H2,1-2H3,(H,19,23). The van der Waals surface area contributed by atoms with Crippen molar-refractivity contribution < 1.29 is 9.59 Å². The summed E-state index contributed by atoms with van der Waals surface area (Å²) in [4.78, 5) is 28.2. The van der Waals surface area contributed by atoms with E-state index < -0.39 is 0 Å². The highest BCUT2D eigenvalue weighted by Gasteiger charge is 2.33. The fraction of sp³-hybridized carbons (Fsp3) is 0.556. The molecular weight excluding hydrogens is 290 g/mol. The Morgan fingerprint density at radius 1 is 1.35 bits per heavy atom. The van der Waals surface area contributed by atoms with Gasteiger partial charge in [0.2, 0.25) is 11.8 Å². The predicted molar refractivity (Wildman–Crippen MR) is 91.0 cm³/mol. The molecule has 1 N–H and O–H groups in total. The van der Waals surface area contributed by atoms with Gasteiger partial charge in [-0.25, -0.2) is 0 Å². The Morgan fingerprint density at radius 3 is 2.78 bits per heavy atom. The highest BCUT2D eigenvalue weighted by atomic mass is 16.2. The van der Waals surface area contributed by atoms with Crippen molar-refractivity contribution >= 4 is 11.8 Å². The van der Waals surface area contributed by atoms with Gasteiger partial charge in [0.1, 0.15) is 0 Å². The van der Waals surface area contributed by atoms with Crippen molar-refractivity contribution in [3.8, 4) is 0 Å². The minimum Gasteiger partial charge on any atom is -0.355 e. The summed E-state index contributed by atoms with van der Waals surface area (Å²) < 4.78 is 0. The first kappa shape index (κ1) is 17.5. The van der Waals surface area contributed by atoms with Crippen molar-refractivity contribution in [2.24, 2.45) is 5.92 Å². The molecule has 0 aliphatic carbocycles. The number of nitrogens with zero attached hydrogens (tertiary/aromatic N) is 2. The molecule has 1 fully saturated rings. The van der Waals surface area contributed by atoms with E-state index in [1.54, 1.807) is 0 Å². The number of hydrogen-bond donors (Lipinski definition) is 1. The smallest absolute Gasteiger partial charge is 0.225 e. The molecule has 23 heavy (non-hydrogen) atoms. The largest absolute Gasteiger partial charge is 0.355 e. The number of hydrogen-bond acceptors (Lipinski definition) is 3. The Balaban J connectivity index is 1.74. The lowest BCUT2D eigenvalue weighted by atomic mass is 10.1. The summed E-state index contributed by atoms with van der Waals surface area (Å²) in [6.45, 7) is 5.75. The number of rotatable bonds is 8. The van der Waals surface area contributed by atoms with E-state index in [-0.39, 0.29) is 17.7 Å². The second-order valence-electron chi connectivity index (χ2n) is 6.16. The molecule has 2 amide bonds. The van der Waals surface area contributed by atoms with Crippen LogP contribution in [0.25, 0.3) is 0 Å². The summed E-state index contributed by atoms with van der Waals surface area (Å²) in [5, 5.41) is 2.95. The molecule has 1 saturated heterocycles. The first-order valence-corrected chi connectivity index (χ1v) is 8.38. The lowest BCUT2D eigenvalue weighted by Crippen LogP contribution is -2.37. The predicted octanol–water partition coefficient (Wildman–Crippen LogP) is 1.15. The maximum Gasteiger partial charge on any atom is 0.225 e. The molecule has 0 radical (unpaired) electrons. The molecule has 1 aromatic carbocycles. The summed E-state index contributed by atoms with van der Waals surface area (Å²) in [7, 11) is 2.02. The van der Waals surface area contributed by atoms with Crippen LogP contribution in [0.1, 0.15) is 18.9 Å². The van der Waals surface area contributed by atoms with Crippen molar-refractivity contribution in [3.63, 3.8) is 0 Å². The van der Waals surface area contributed by atoms with E-state index in [1.807, 2.05) is 30.1 Å². The fourth-order valence-electron chi connectivity index (χ4n) is 2.75. The molecule has 1 heterocycles. The average Bonchev–Trinajstić information content (AvgIpc) is 2.94. The van der Waals surface area contributed by atoms with Gasteiger partial charge < -0.3 is 15.1 Å². The van der Waals surface area contributed by atoms with Gasteiger partial charge in [-0.3, -0.25) is 9.59 Å². The minimum absolute atomic E-state index is 0.00469. The minimum atomic E-state index is -0.204. The molecule has 1 atom stereocenters. The highest BCUT2D eigenvalue weighted by Crippen LogP contribution is 2.18. The molecule has 0 aromatic heterocycles. The van der Waals surface area contributed by atoms with Crippen LogP contribution in [0, 0.1) is 5.92 Å². The average molecular weight is 317 g/mol. The van der Waals surface area contributed by atoms with Crippen LogP contribution < -0.4 is 5.32 Å². The molecular formula is C18H27N3O2. The molecule has 1 aromatic rings. The zero-order chi connectivity index (χ0) is 16.7. The van der Waals surface area contributed by atoms with E-state index in [4.69, 9.17) is 0 Å². The van der Waals surface area contributed by atoms with Crippen LogP contribution in [-0.2, 0) is 16.0 Å². The van der Waals surface area contributed by atoms with Crippen LogP contribution in [0.4, 0.5) is 0 Å². The maximum absolute atomic E-state index is 12.2. The summed E-state index contributed by atoms with van der Waals surface area (Å²) in [5.74, 6) is -0.109. The van der Waals surface area contributed by atoms with Gasteiger partial charge in [-0.05, 0) is 25.6 Å². The Bertz CT molecular complexity index is 518. The van der Waals surface area contributed by atoms with Crippen LogP contribution in [0.15, 0.2) is 30.3 Å². The van der Waals surface area contributed by atoms with Gasteiger partial charge in [0.25, 0.3) is 0 Å². The SMILES string of the molecule is CCN(C)CCNC(=O)C1CC(=O)N(CCc2ccccc2)C1. The molecule has 1 aliphatic rings. The summed E-state index contributed by atoms with van der Waals surface area (Å²) >= 11 is 0. The van der Waals surface area contributed by atoms with Gasteiger partial charge >= 0.3 is 0 Å². The third-order valence-corrected chi connectivity index (χ3v) is 4.43. The Hall–Kier alpha value is -1.88. The van der Waals surface area contributed by atoms with Crippen LogP contribution >= 0.6 is 0 Å². The highest BCUT2D eigenvalue weighted by molar-refractivity contribution is 5.89. The Morgan fingerprint density at radius 2 is 2.09 bits per heavy atom. The topological polar surface area (TPSA) is 52.7 Å². The van der Waals surface area contributed by atoms with Crippen LogP contribution in [0.3, 0.4) is 0 Å². The van der Waals surface area contributed by atoms with Crippen LogP contribution in [0.2, 0.25) is 0 Å². The number of benzene rings is 1. The van der Waals surface area contributed by atoms with Gasteiger partial charge in [-0.2, -0.15) is 0 Å². The molecule has 0 spiro atoms. The van der Waals surface area contributed by atoms with Gasteiger partial charge in [0.15, 0.2) is 0 Å². The molecule has 126 valence electrons. The van der Waals surface area contributed by atoms with Gasteiger partial charge in [0, 0.05) is 32.6 Å². The third kappa shape index (κ3) is 5.36. The zero-order valence-electron chi connectivity index (χ0n) is 14.1. The maximum atomic E-state index is 12.2. The van der Waals surface area contributed by atoms with Crippen molar-refractivity contribution in [2.75, 3.05) is 39.8 Å². The molecule has 1 unspecified atom stereocenters. The lowest BCUT2D eigenvalue weighted by Gasteiger charge is -2.17. The molecule has 5 heteroatoms. The molecule has 0 bridgehead atoms. The normalized spacial score (nSPS) is 17.8. The zero-order valence-corrected chi connectivity index (χ0v) is 14.1. The lowest BCUT2D eigenvalue weighted by molar-refractivity contribution is -0.129. The molecule has 5 nitrogen and oxygen atoms in total. The number of carbonyl (C=O) groups is 2. The number of amides is 2. The van der Waals surface area contributed by atoms with Crippen molar-refractivity contribution in [1.82, 2.24) is 15.1 Å². The van der Waals surface area contributed by atoms with Crippen LogP contribution in [0.5, 0.6) is 0 Å². The van der Waals surface area contributed by atoms with Gasteiger partial charge in [-0.15, -0.1) is 0 Å². The molecule has 2 rings (SSSR count). The number of nitrogens with one attached hydrogen (secondary N) is 1. The Kier molecular flexibility index (Phi) is 6.59. The van der Waals surface area contributed by atoms with Crippen LogP contribution in [-0.4, -0.2) is 61.4 Å². The van der Waals surface area contributed by atoms with Crippen molar-refractivity contribution in [1.29, 1.82) is 0 Å². The summed E-state index contributed by atoms with van der Waals surface area (Å²) in [6, 6.07) is 10.1. The van der Waals surface area contributed by atoms with Gasteiger partial charge in [-0.1, -0.05) is 37.3 Å².